The zero-order valence-corrected chi connectivity index (χ0v) is 7.73. The fraction of sp³-hybridized carbons (Fsp3) is 0.333. The number of rotatable bonds is 1. The molecule has 1 aromatic rings. The minimum absolute atomic E-state index is 0.153. The van der Waals surface area contributed by atoms with Crippen molar-refractivity contribution in [2.45, 2.75) is 13.0 Å². The first kappa shape index (κ1) is 8.04. The fourth-order valence-corrected chi connectivity index (χ4v) is 1.53. The summed E-state index contributed by atoms with van der Waals surface area (Å²) in [6.07, 6.45) is 7.33. The second-order valence-electron chi connectivity index (χ2n) is 3.11. The molecule has 2 heterocycles. The monoisotopic (exact) mass is 176 g/mol. The topological polar surface area (TPSA) is 44.3 Å². The molecular formula is C9H12N4. The van der Waals surface area contributed by atoms with Crippen molar-refractivity contribution in [2.75, 3.05) is 7.05 Å². The summed E-state index contributed by atoms with van der Waals surface area (Å²) in [5, 5.41) is 0. The maximum absolute atomic E-state index is 4.25. The standard InChI is InChI=1S/C9H12N4/c1-7-8(9-11-3-4-12-9)13(2)6-5-10-7/h3-6,8H,1-2H3,(H,11,12). The first-order valence-corrected chi connectivity index (χ1v) is 4.21. The van der Waals surface area contributed by atoms with Gasteiger partial charge in [-0.2, -0.15) is 0 Å². The predicted octanol–water partition coefficient (Wildman–Crippen LogP) is 1.33. The Morgan fingerprint density at radius 2 is 2.38 bits per heavy atom. The second kappa shape index (κ2) is 3.05. The van der Waals surface area contributed by atoms with E-state index in [0.717, 1.165) is 11.5 Å². The summed E-state index contributed by atoms with van der Waals surface area (Å²) >= 11 is 0. The molecule has 0 spiro atoms. The minimum atomic E-state index is 0.153. The molecule has 0 fully saturated rings. The van der Waals surface area contributed by atoms with Crippen LogP contribution in [0.5, 0.6) is 0 Å². The van der Waals surface area contributed by atoms with E-state index in [1.165, 1.54) is 0 Å². The zero-order valence-electron chi connectivity index (χ0n) is 7.73. The van der Waals surface area contributed by atoms with Gasteiger partial charge in [0.15, 0.2) is 0 Å². The van der Waals surface area contributed by atoms with Gasteiger partial charge in [0.25, 0.3) is 0 Å². The Morgan fingerprint density at radius 3 is 3.00 bits per heavy atom. The number of aromatic nitrogens is 2. The maximum Gasteiger partial charge on any atom is 0.134 e. The van der Waals surface area contributed by atoms with E-state index in [1.54, 1.807) is 12.4 Å². The van der Waals surface area contributed by atoms with Gasteiger partial charge in [-0.3, -0.25) is 4.99 Å². The van der Waals surface area contributed by atoms with Crippen LogP contribution in [0.4, 0.5) is 0 Å². The number of aromatic amines is 1. The van der Waals surface area contributed by atoms with Crippen LogP contribution in [0.15, 0.2) is 29.8 Å². The Hall–Kier alpha value is -1.58. The van der Waals surface area contributed by atoms with Gasteiger partial charge in [0.1, 0.15) is 11.9 Å². The van der Waals surface area contributed by atoms with Gasteiger partial charge in [0.05, 0.1) is 0 Å². The molecule has 1 aromatic heterocycles. The van der Waals surface area contributed by atoms with Crippen LogP contribution in [0, 0.1) is 0 Å². The van der Waals surface area contributed by atoms with Crippen molar-refractivity contribution >= 4 is 5.71 Å². The number of nitrogens with one attached hydrogen (secondary N) is 1. The van der Waals surface area contributed by atoms with Gasteiger partial charge < -0.3 is 9.88 Å². The molecule has 0 radical (unpaired) electrons. The molecule has 0 aromatic carbocycles. The Labute approximate surface area is 77.0 Å². The number of H-pyrrole nitrogens is 1. The van der Waals surface area contributed by atoms with Crippen molar-refractivity contribution < 1.29 is 0 Å². The Kier molecular flexibility index (Phi) is 1.88. The Bertz CT molecular complexity index is 337. The van der Waals surface area contributed by atoms with Crippen molar-refractivity contribution in [1.29, 1.82) is 0 Å². The maximum atomic E-state index is 4.25. The quantitative estimate of drug-likeness (QED) is 0.701. The summed E-state index contributed by atoms with van der Waals surface area (Å²) < 4.78 is 0. The van der Waals surface area contributed by atoms with E-state index in [-0.39, 0.29) is 6.04 Å². The smallest absolute Gasteiger partial charge is 0.134 e. The zero-order chi connectivity index (χ0) is 9.26. The highest BCUT2D eigenvalue weighted by Crippen LogP contribution is 2.20. The van der Waals surface area contributed by atoms with Crippen LogP contribution in [0.1, 0.15) is 18.8 Å². The van der Waals surface area contributed by atoms with E-state index < -0.39 is 0 Å². The number of imidazole rings is 1. The average molecular weight is 176 g/mol. The summed E-state index contributed by atoms with van der Waals surface area (Å²) in [7, 11) is 2.02. The van der Waals surface area contributed by atoms with Gasteiger partial charge in [0.2, 0.25) is 0 Å². The normalized spacial score (nSPS) is 21.8. The fourth-order valence-electron chi connectivity index (χ4n) is 1.53. The predicted molar refractivity (Wildman–Crippen MR) is 51.3 cm³/mol. The molecule has 1 unspecified atom stereocenters. The first-order chi connectivity index (χ1) is 6.29. The van der Waals surface area contributed by atoms with E-state index in [2.05, 4.69) is 19.9 Å². The van der Waals surface area contributed by atoms with E-state index in [0.29, 0.717) is 0 Å². The van der Waals surface area contributed by atoms with E-state index in [9.17, 15) is 0 Å². The molecule has 0 amide bonds. The third-order valence-electron chi connectivity index (χ3n) is 2.16. The molecule has 1 N–H and O–H groups in total. The lowest BCUT2D eigenvalue weighted by molar-refractivity contribution is 0.394. The molecule has 4 heteroatoms. The average Bonchev–Trinajstić information content (AvgIpc) is 2.57. The molecule has 1 aliphatic heterocycles. The molecule has 68 valence electrons. The van der Waals surface area contributed by atoms with Crippen LogP contribution in [0.2, 0.25) is 0 Å². The van der Waals surface area contributed by atoms with E-state index in [4.69, 9.17) is 0 Å². The van der Waals surface area contributed by atoms with Gasteiger partial charge in [-0.25, -0.2) is 4.98 Å². The Morgan fingerprint density at radius 1 is 1.54 bits per heavy atom. The van der Waals surface area contributed by atoms with Crippen LogP contribution in [0.3, 0.4) is 0 Å². The summed E-state index contributed by atoms with van der Waals surface area (Å²) in [6.45, 7) is 2.01. The molecular weight excluding hydrogens is 164 g/mol. The van der Waals surface area contributed by atoms with Gasteiger partial charge >= 0.3 is 0 Å². The van der Waals surface area contributed by atoms with Gasteiger partial charge in [-0.15, -0.1) is 0 Å². The molecule has 2 rings (SSSR count). The van der Waals surface area contributed by atoms with Crippen molar-refractivity contribution in [3.8, 4) is 0 Å². The van der Waals surface area contributed by atoms with Gasteiger partial charge in [-0.05, 0) is 6.92 Å². The van der Waals surface area contributed by atoms with Crippen LogP contribution in [0.25, 0.3) is 0 Å². The van der Waals surface area contributed by atoms with Crippen LogP contribution in [-0.2, 0) is 0 Å². The molecule has 0 bridgehead atoms. The van der Waals surface area contributed by atoms with Gasteiger partial charge in [-0.1, -0.05) is 0 Å². The third kappa shape index (κ3) is 1.35. The molecule has 1 aliphatic rings. The van der Waals surface area contributed by atoms with Crippen molar-refractivity contribution in [3.63, 3.8) is 0 Å². The van der Waals surface area contributed by atoms with Crippen molar-refractivity contribution in [3.05, 3.63) is 30.6 Å². The van der Waals surface area contributed by atoms with Crippen LogP contribution < -0.4 is 0 Å². The molecule has 1 atom stereocenters. The molecule has 4 nitrogen and oxygen atoms in total. The molecule has 13 heavy (non-hydrogen) atoms. The molecule has 0 aliphatic carbocycles. The number of aliphatic imine (C=N–C) groups is 1. The molecule has 0 saturated heterocycles. The highest BCUT2D eigenvalue weighted by Gasteiger charge is 2.21. The van der Waals surface area contributed by atoms with Crippen molar-refractivity contribution in [1.82, 2.24) is 14.9 Å². The van der Waals surface area contributed by atoms with Gasteiger partial charge in [0, 0.05) is 37.6 Å². The minimum Gasteiger partial charge on any atom is -0.364 e. The van der Waals surface area contributed by atoms with Crippen LogP contribution in [-0.4, -0.2) is 27.6 Å². The highest BCUT2D eigenvalue weighted by atomic mass is 15.2. The summed E-state index contributed by atoms with van der Waals surface area (Å²) in [5.41, 5.74) is 1.06. The summed E-state index contributed by atoms with van der Waals surface area (Å²) in [5.74, 6) is 0.938. The third-order valence-corrected chi connectivity index (χ3v) is 2.16. The Balaban J connectivity index is 2.33. The summed E-state index contributed by atoms with van der Waals surface area (Å²) in [4.78, 5) is 13.7. The lowest BCUT2D eigenvalue weighted by Crippen LogP contribution is -2.28. The molecule has 0 saturated carbocycles. The lowest BCUT2D eigenvalue weighted by Gasteiger charge is -2.27. The van der Waals surface area contributed by atoms with E-state index >= 15 is 0 Å². The number of hydrogen-bond donors (Lipinski definition) is 1. The number of hydrogen-bond acceptors (Lipinski definition) is 3. The lowest BCUT2D eigenvalue weighted by atomic mass is 10.1. The number of nitrogens with zero attached hydrogens (tertiary/aromatic N) is 3. The first-order valence-electron chi connectivity index (χ1n) is 4.21. The SMILES string of the molecule is CC1=NC=CN(C)C1c1ncc[nH]1. The largest absolute Gasteiger partial charge is 0.364 e. The summed E-state index contributed by atoms with van der Waals surface area (Å²) in [6, 6.07) is 0.153. The highest BCUT2D eigenvalue weighted by molar-refractivity contribution is 5.88. The second-order valence-corrected chi connectivity index (χ2v) is 3.11. The van der Waals surface area contributed by atoms with E-state index in [1.807, 2.05) is 26.4 Å². The van der Waals surface area contributed by atoms with Crippen LogP contribution >= 0.6 is 0 Å². The van der Waals surface area contributed by atoms with Crippen molar-refractivity contribution in [2.24, 2.45) is 4.99 Å².